The number of thiocarbonyl (C=S) groups is 1. The van der Waals surface area contributed by atoms with Crippen molar-refractivity contribution in [2.75, 3.05) is 13.7 Å². The smallest absolute Gasteiger partial charge is 0.425 e. The molecule has 0 saturated carbocycles. The minimum absolute atomic E-state index is 0.0762. The van der Waals surface area contributed by atoms with E-state index in [1.54, 1.807) is 6.92 Å². The molecule has 0 heterocycles. The van der Waals surface area contributed by atoms with Gasteiger partial charge in [0, 0.05) is 0 Å². The number of rotatable bonds is 3. The molecule has 0 unspecified atom stereocenters. The van der Waals surface area contributed by atoms with Crippen LogP contribution in [0, 0.1) is 0 Å². The molecule has 0 aliphatic heterocycles. The van der Waals surface area contributed by atoms with Crippen molar-refractivity contribution in [3.63, 3.8) is 0 Å². The summed E-state index contributed by atoms with van der Waals surface area (Å²) in [5.41, 5.74) is 4.45. The molecule has 0 aliphatic rings. The summed E-state index contributed by atoms with van der Waals surface area (Å²) in [5, 5.41) is 0. The van der Waals surface area contributed by atoms with Crippen molar-refractivity contribution in [3.05, 3.63) is 0 Å². The van der Waals surface area contributed by atoms with Gasteiger partial charge in [-0.3, -0.25) is 10.2 Å². The molecular weight excluding hydrogens is 208 g/mol. The van der Waals surface area contributed by atoms with Crippen LogP contribution >= 0.6 is 12.2 Å². The number of amides is 1. The average Bonchev–Trinajstić information content (AvgIpc) is 2.14. The van der Waals surface area contributed by atoms with E-state index in [9.17, 15) is 9.59 Å². The number of carbonyl (C=O) groups is 2. The zero-order valence-electron chi connectivity index (χ0n) is 7.96. The third-order valence-corrected chi connectivity index (χ3v) is 1.35. The summed E-state index contributed by atoms with van der Waals surface area (Å²) in [6, 6.07) is 0. The average molecular weight is 220 g/mol. The number of hydrogen-bond donors (Lipinski definition) is 2. The zero-order valence-corrected chi connectivity index (χ0v) is 8.77. The van der Waals surface area contributed by atoms with Gasteiger partial charge in [-0.2, -0.15) is 0 Å². The summed E-state index contributed by atoms with van der Waals surface area (Å²) in [4.78, 5) is 21.6. The Morgan fingerprint density at radius 1 is 1.36 bits per heavy atom. The van der Waals surface area contributed by atoms with Crippen LogP contribution in [-0.2, 0) is 14.3 Å². The van der Waals surface area contributed by atoms with Crippen LogP contribution < -0.4 is 10.9 Å². The van der Waals surface area contributed by atoms with Crippen LogP contribution in [0.4, 0.5) is 4.79 Å². The normalized spacial score (nSPS) is 8.71. The molecule has 6 nitrogen and oxygen atoms in total. The van der Waals surface area contributed by atoms with Crippen molar-refractivity contribution < 1.29 is 19.1 Å². The van der Waals surface area contributed by atoms with Crippen LogP contribution in [0.3, 0.4) is 0 Å². The number of carbonyl (C=O) groups excluding carboxylic acids is 2. The lowest BCUT2D eigenvalue weighted by atomic mass is 10.4. The van der Waals surface area contributed by atoms with Crippen molar-refractivity contribution in [3.8, 4) is 0 Å². The molecule has 0 atom stereocenters. The molecule has 0 spiro atoms. The molecule has 0 saturated heterocycles. The second-order valence-corrected chi connectivity index (χ2v) is 2.64. The molecule has 14 heavy (non-hydrogen) atoms. The van der Waals surface area contributed by atoms with Crippen LogP contribution in [0.15, 0.2) is 0 Å². The first kappa shape index (κ1) is 12.6. The van der Waals surface area contributed by atoms with E-state index in [0.29, 0.717) is 6.61 Å². The van der Waals surface area contributed by atoms with E-state index in [2.05, 4.69) is 20.3 Å². The van der Waals surface area contributed by atoms with Crippen molar-refractivity contribution >= 4 is 29.3 Å². The van der Waals surface area contributed by atoms with Gasteiger partial charge in [0.1, 0.15) is 4.99 Å². The first-order valence-corrected chi connectivity index (χ1v) is 4.29. The monoisotopic (exact) mass is 220 g/mol. The van der Waals surface area contributed by atoms with Crippen LogP contribution in [0.1, 0.15) is 13.3 Å². The van der Waals surface area contributed by atoms with Crippen LogP contribution in [0.25, 0.3) is 0 Å². The Balaban J connectivity index is 3.65. The molecule has 0 radical (unpaired) electrons. The Kier molecular flexibility index (Phi) is 6.38. The standard InChI is InChI=1S/C7H12N2O4S/c1-3-13-6(10)4-5(14)8-9-7(11)12-2/h3-4H2,1-2H3,(H,8,14)(H,9,11). The van der Waals surface area contributed by atoms with Gasteiger partial charge < -0.3 is 9.47 Å². The lowest BCUT2D eigenvalue weighted by Crippen LogP contribution is -2.41. The molecule has 0 rings (SSSR count). The van der Waals surface area contributed by atoms with Crippen LogP contribution in [-0.4, -0.2) is 30.8 Å². The minimum Gasteiger partial charge on any atom is -0.466 e. The fraction of sp³-hybridized carbons (Fsp3) is 0.571. The summed E-state index contributed by atoms with van der Waals surface area (Å²) in [6.07, 6.45) is -0.760. The topological polar surface area (TPSA) is 76.7 Å². The first-order chi connectivity index (χ1) is 6.60. The summed E-state index contributed by atoms with van der Waals surface area (Å²) < 4.78 is 8.90. The number of methoxy groups -OCH3 is 1. The highest BCUT2D eigenvalue weighted by atomic mass is 32.1. The SMILES string of the molecule is CCOC(=O)CC(=S)NNC(=O)OC. The maximum absolute atomic E-state index is 10.9. The number of hydrazine groups is 1. The maximum Gasteiger partial charge on any atom is 0.425 e. The van der Waals surface area contributed by atoms with Gasteiger partial charge in [0.05, 0.1) is 20.1 Å². The van der Waals surface area contributed by atoms with E-state index in [1.807, 2.05) is 0 Å². The predicted octanol–water partition coefficient (Wildman–Crippen LogP) is 0.128. The largest absolute Gasteiger partial charge is 0.466 e. The van der Waals surface area contributed by atoms with Gasteiger partial charge in [-0.25, -0.2) is 10.2 Å². The van der Waals surface area contributed by atoms with Crippen molar-refractivity contribution in [1.29, 1.82) is 0 Å². The molecule has 0 aromatic carbocycles. The van der Waals surface area contributed by atoms with Gasteiger partial charge >= 0.3 is 12.1 Å². The lowest BCUT2D eigenvalue weighted by molar-refractivity contribution is -0.141. The van der Waals surface area contributed by atoms with Crippen molar-refractivity contribution in [2.24, 2.45) is 0 Å². The fourth-order valence-electron chi connectivity index (χ4n) is 0.559. The highest BCUT2D eigenvalue weighted by Gasteiger charge is 2.06. The van der Waals surface area contributed by atoms with E-state index < -0.39 is 12.1 Å². The number of nitrogens with one attached hydrogen (secondary N) is 2. The number of esters is 1. The van der Waals surface area contributed by atoms with Gasteiger partial charge in [0.25, 0.3) is 0 Å². The van der Waals surface area contributed by atoms with E-state index in [1.165, 1.54) is 7.11 Å². The van der Waals surface area contributed by atoms with E-state index in [0.717, 1.165) is 0 Å². The van der Waals surface area contributed by atoms with Gasteiger partial charge in [0.2, 0.25) is 0 Å². The van der Waals surface area contributed by atoms with Crippen LogP contribution in [0.5, 0.6) is 0 Å². The highest BCUT2D eigenvalue weighted by molar-refractivity contribution is 7.80. The summed E-state index contributed by atoms with van der Waals surface area (Å²) in [7, 11) is 1.21. The second-order valence-electron chi connectivity index (χ2n) is 2.15. The van der Waals surface area contributed by atoms with Crippen LogP contribution in [0.2, 0.25) is 0 Å². The zero-order chi connectivity index (χ0) is 11.0. The molecule has 0 aromatic rings. The quantitative estimate of drug-likeness (QED) is 0.400. The third-order valence-electron chi connectivity index (χ3n) is 1.10. The molecule has 0 bridgehead atoms. The maximum atomic E-state index is 10.9. The Morgan fingerprint density at radius 2 is 2.00 bits per heavy atom. The molecule has 0 fully saturated rings. The van der Waals surface area contributed by atoms with Crippen molar-refractivity contribution in [1.82, 2.24) is 10.9 Å². The molecule has 7 heteroatoms. The molecular formula is C7H12N2O4S. The van der Waals surface area contributed by atoms with Gasteiger partial charge in [-0.05, 0) is 6.92 Å². The Bertz CT molecular complexity index is 232. The Hall–Kier alpha value is -1.37. The Labute approximate surface area is 86.9 Å². The third kappa shape index (κ3) is 6.18. The first-order valence-electron chi connectivity index (χ1n) is 3.88. The minimum atomic E-state index is -0.684. The molecule has 80 valence electrons. The second kappa shape index (κ2) is 7.07. The van der Waals surface area contributed by atoms with E-state index in [-0.39, 0.29) is 11.4 Å². The summed E-state index contributed by atoms with van der Waals surface area (Å²) in [5.74, 6) is -0.448. The lowest BCUT2D eigenvalue weighted by Gasteiger charge is -2.07. The number of ether oxygens (including phenoxy) is 2. The molecule has 1 amide bonds. The Morgan fingerprint density at radius 3 is 2.50 bits per heavy atom. The molecule has 0 aromatic heterocycles. The van der Waals surface area contributed by atoms with Crippen molar-refractivity contribution in [2.45, 2.75) is 13.3 Å². The van der Waals surface area contributed by atoms with Gasteiger partial charge in [-0.15, -0.1) is 0 Å². The summed E-state index contributed by atoms with van der Waals surface area (Å²) >= 11 is 4.73. The predicted molar refractivity (Wildman–Crippen MR) is 52.5 cm³/mol. The van der Waals surface area contributed by atoms with E-state index >= 15 is 0 Å². The highest BCUT2D eigenvalue weighted by Crippen LogP contribution is 1.87. The van der Waals surface area contributed by atoms with E-state index in [4.69, 9.17) is 12.2 Å². The fourth-order valence-corrected chi connectivity index (χ4v) is 0.728. The van der Waals surface area contributed by atoms with Gasteiger partial charge in [0.15, 0.2) is 0 Å². The van der Waals surface area contributed by atoms with Gasteiger partial charge in [-0.1, -0.05) is 12.2 Å². The summed E-state index contributed by atoms with van der Waals surface area (Å²) in [6.45, 7) is 1.99. The number of hydrogen-bond acceptors (Lipinski definition) is 5. The molecule has 2 N–H and O–H groups in total. The molecule has 0 aliphatic carbocycles.